The molecule has 4 rings (SSSR count). The number of para-hydroxylation sites is 2. The summed E-state index contributed by atoms with van der Waals surface area (Å²) >= 11 is 0. The van der Waals surface area contributed by atoms with Crippen LogP contribution < -0.4 is 0 Å². The molecule has 0 atom stereocenters. The van der Waals surface area contributed by atoms with Gasteiger partial charge in [-0.2, -0.15) is 0 Å². The summed E-state index contributed by atoms with van der Waals surface area (Å²) in [5.74, 6) is 0. The minimum Gasteiger partial charge on any atom is -0.354 e. The third kappa shape index (κ3) is 1.20. The standard InChI is InChI=1S/C14H10N4/c1-2-7-12-9(4-1)10-5-3-6-11(14(10)16-12)13-8-15-18-17-13/h1-8,16H,(H,15,17,18). The minimum atomic E-state index is 0.854. The van der Waals surface area contributed by atoms with Crippen LogP contribution in [0.3, 0.4) is 0 Å². The maximum absolute atomic E-state index is 4.08. The molecule has 0 bridgehead atoms. The van der Waals surface area contributed by atoms with Crippen molar-refractivity contribution in [1.82, 2.24) is 20.4 Å². The van der Waals surface area contributed by atoms with Gasteiger partial charge in [-0.15, -0.1) is 5.10 Å². The summed E-state index contributed by atoms with van der Waals surface area (Å²) in [6.45, 7) is 0. The summed E-state index contributed by atoms with van der Waals surface area (Å²) in [5, 5.41) is 13.1. The van der Waals surface area contributed by atoms with E-state index in [2.05, 4.69) is 50.7 Å². The maximum atomic E-state index is 4.08. The fraction of sp³-hybridized carbons (Fsp3) is 0. The lowest BCUT2D eigenvalue weighted by Gasteiger charge is -1.97. The number of H-pyrrole nitrogens is 2. The van der Waals surface area contributed by atoms with Gasteiger partial charge < -0.3 is 4.98 Å². The summed E-state index contributed by atoms with van der Waals surface area (Å²) in [7, 11) is 0. The Morgan fingerprint density at radius 2 is 1.78 bits per heavy atom. The van der Waals surface area contributed by atoms with E-state index >= 15 is 0 Å². The molecule has 0 aliphatic carbocycles. The number of rotatable bonds is 1. The van der Waals surface area contributed by atoms with Gasteiger partial charge in [0.2, 0.25) is 0 Å². The van der Waals surface area contributed by atoms with E-state index in [4.69, 9.17) is 0 Å². The van der Waals surface area contributed by atoms with E-state index in [0.29, 0.717) is 0 Å². The van der Waals surface area contributed by atoms with E-state index in [1.807, 2.05) is 12.1 Å². The van der Waals surface area contributed by atoms with Gasteiger partial charge in [0.1, 0.15) is 5.69 Å². The Hall–Kier alpha value is -2.62. The molecule has 4 nitrogen and oxygen atoms in total. The molecule has 0 saturated heterocycles. The van der Waals surface area contributed by atoms with Gasteiger partial charge in [-0.05, 0) is 6.07 Å². The van der Waals surface area contributed by atoms with Gasteiger partial charge in [-0.1, -0.05) is 41.6 Å². The SMILES string of the molecule is c1ccc2c(c1)[nH]c1c(-c3c[nH]nn3)cccc12. The average molecular weight is 234 g/mol. The van der Waals surface area contributed by atoms with E-state index in [1.54, 1.807) is 6.20 Å². The number of nitrogens with one attached hydrogen (secondary N) is 2. The largest absolute Gasteiger partial charge is 0.354 e. The van der Waals surface area contributed by atoms with Gasteiger partial charge in [0.05, 0.1) is 11.7 Å². The molecule has 0 radical (unpaired) electrons. The molecule has 4 aromatic rings. The van der Waals surface area contributed by atoms with Crippen molar-refractivity contribution >= 4 is 21.8 Å². The van der Waals surface area contributed by atoms with Crippen LogP contribution in [0.5, 0.6) is 0 Å². The zero-order chi connectivity index (χ0) is 11.9. The zero-order valence-electron chi connectivity index (χ0n) is 9.51. The lowest BCUT2D eigenvalue weighted by molar-refractivity contribution is 0.942. The van der Waals surface area contributed by atoms with Gasteiger partial charge in [-0.25, -0.2) is 0 Å². The van der Waals surface area contributed by atoms with Gasteiger partial charge >= 0.3 is 0 Å². The molecule has 2 aromatic heterocycles. The Balaban J connectivity index is 2.17. The number of hydrogen-bond acceptors (Lipinski definition) is 2. The summed E-state index contributed by atoms with van der Waals surface area (Å²) in [4.78, 5) is 3.45. The molecule has 2 aromatic carbocycles. The first-order valence-electron chi connectivity index (χ1n) is 5.80. The van der Waals surface area contributed by atoms with Crippen LogP contribution >= 0.6 is 0 Å². The number of benzene rings is 2. The van der Waals surface area contributed by atoms with Crippen molar-refractivity contribution < 1.29 is 0 Å². The first-order chi connectivity index (χ1) is 8.93. The predicted molar refractivity (Wildman–Crippen MR) is 71.2 cm³/mol. The lowest BCUT2D eigenvalue weighted by Crippen LogP contribution is -1.80. The molecule has 2 N–H and O–H groups in total. The molecule has 0 saturated carbocycles. The van der Waals surface area contributed by atoms with E-state index in [0.717, 1.165) is 22.3 Å². The number of hydrogen-bond donors (Lipinski definition) is 2. The Morgan fingerprint density at radius 3 is 2.67 bits per heavy atom. The van der Waals surface area contributed by atoms with Crippen LogP contribution in [0.25, 0.3) is 33.1 Å². The number of aromatic nitrogens is 4. The predicted octanol–water partition coefficient (Wildman–Crippen LogP) is 3.11. The van der Waals surface area contributed by atoms with Crippen LogP contribution in [0, 0.1) is 0 Å². The molecule has 4 heteroatoms. The molecule has 86 valence electrons. The monoisotopic (exact) mass is 234 g/mol. The Kier molecular flexibility index (Phi) is 1.80. The Labute approximate surface area is 103 Å². The number of aromatic amines is 2. The highest BCUT2D eigenvalue weighted by Crippen LogP contribution is 2.31. The molecular weight excluding hydrogens is 224 g/mol. The highest BCUT2D eigenvalue weighted by molar-refractivity contribution is 6.11. The zero-order valence-corrected chi connectivity index (χ0v) is 9.51. The number of fused-ring (bicyclic) bond motifs is 3. The average Bonchev–Trinajstić information content (AvgIpc) is 3.05. The van der Waals surface area contributed by atoms with Gasteiger partial charge in [-0.3, -0.25) is 5.10 Å². The van der Waals surface area contributed by atoms with E-state index in [1.165, 1.54) is 10.8 Å². The Morgan fingerprint density at radius 1 is 0.889 bits per heavy atom. The van der Waals surface area contributed by atoms with E-state index < -0.39 is 0 Å². The molecule has 0 aliphatic heterocycles. The van der Waals surface area contributed by atoms with Crippen LogP contribution in [0.2, 0.25) is 0 Å². The van der Waals surface area contributed by atoms with Crippen molar-refractivity contribution in [3.05, 3.63) is 48.7 Å². The van der Waals surface area contributed by atoms with Gasteiger partial charge in [0, 0.05) is 21.9 Å². The molecule has 18 heavy (non-hydrogen) atoms. The summed E-state index contributed by atoms with van der Waals surface area (Å²) in [5.41, 5.74) is 4.17. The van der Waals surface area contributed by atoms with Crippen LogP contribution in [-0.4, -0.2) is 20.4 Å². The van der Waals surface area contributed by atoms with Crippen molar-refractivity contribution in [2.45, 2.75) is 0 Å². The molecule has 0 aliphatic rings. The third-order valence-electron chi connectivity index (χ3n) is 3.23. The van der Waals surface area contributed by atoms with E-state index in [9.17, 15) is 0 Å². The van der Waals surface area contributed by atoms with Crippen LogP contribution in [0.15, 0.2) is 48.7 Å². The normalized spacial score (nSPS) is 11.3. The fourth-order valence-electron chi connectivity index (χ4n) is 2.42. The highest BCUT2D eigenvalue weighted by atomic mass is 15.3. The molecule has 0 fully saturated rings. The van der Waals surface area contributed by atoms with Crippen molar-refractivity contribution in [2.24, 2.45) is 0 Å². The first kappa shape index (κ1) is 9.41. The molecule has 2 heterocycles. The minimum absolute atomic E-state index is 0.854. The molecule has 0 spiro atoms. The quantitative estimate of drug-likeness (QED) is 0.531. The summed E-state index contributed by atoms with van der Waals surface area (Å²) < 4.78 is 0. The highest BCUT2D eigenvalue weighted by Gasteiger charge is 2.10. The topological polar surface area (TPSA) is 57.4 Å². The maximum Gasteiger partial charge on any atom is 0.114 e. The van der Waals surface area contributed by atoms with Crippen LogP contribution in [0.1, 0.15) is 0 Å². The second-order valence-corrected chi connectivity index (χ2v) is 4.26. The van der Waals surface area contributed by atoms with Crippen molar-refractivity contribution in [2.75, 3.05) is 0 Å². The van der Waals surface area contributed by atoms with Crippen LogP contribution in [0.4, 0.5) is 0 Å². The number of nitrogens with zero attached hydrogens (tertiary/aromatic N) is 2. The van der Waals surface area contributed by atoms with E-state index in [-0.39, 0.29) is 0 Å². The second kappa shape index (κ2) is 3.43. The molecular formula is C14H10N4. The first-order valence-corrected chi connectivity index (χ1v) is 5.80. The van der Waals surface area contributed by atoms with Crippen molar-refractivity contribution in [1.29, 1.82) is 0 Å². The third-order valence-corrected chi connectivity index (χ3v) is 3.23. The molecule has 0 amide bonds. The van der Waals surface area contributed by atoms with Crippen LogP contribution in [-0.2, 0) is 0 Å². The fourth-order valence-corrected chi connectivity index (χ4v) is 2.42. The summed E-state index contributed by atoms with van der Waals surface area (Å²) in [6, 6.07) is 14.5. The summed E-state index contributed by atoms with van der Waals surface area (Å²) in [6.07, 6.45) is 1.81. The molecule has 0 unspecified atom stereocenters. The Bertz CT molecular complexity index is 827. The van der Waals surface area contributed by atoms with Gasteiger partial charge in [0.15, 0.2) is 0 Å². The van der Waals surface area contributed by atoms with Crippen molar-refractivity contribution in [3.8, 4) is 11.3 Å². The smallest absolute Gasteiger partial charge is 0.114 e. The lowest BCUT2D eigenvalue weighted by atomic mass is 10.1. The second-order valence-electron chi connectivity index (χ2n) is 4.26. The van der Waals surface area contributed by atoms with Crippen molar-refractivity contribution in [3.63, 3.8) is 0 Å². The van der Waals surface area contributed by atoms with Gasteiger partial charge in [0.25, 0.3) is 0 Å².